The lowest BCUT2D eigenvalue weighted by Crippen LogP contribution is -2.30. The third-order valence-corrected chi connectivity index (χ3v) is 11.0. The standard InChI is InChI=1S/C49H94O6/c1-5-7-9-11-13-14-15-18-22-25-29-33-37-41-48(51)54-44-46(43-53-47(50)40-36-32-27-12-10-8-6-2)55-49(52)42-38-34-30-26-23-20-17-16-19-21-24-28-31-35-39-45(3)4/h45-46H,5-44H2,1-4H3/t46-/m1/s1. The molecule has 1 atom stereocenters. The summed E-state index contributed by atoms with van der Waals surface area (Å²) in [5.41, 5.74) is 0. The summed E-state index contributed by atoms with van der Waals surface area (Å²) >= 11 is 0. The maximum Gasteiger partial charge on any atom is 0.306 e. The second-order valence-electron chi connectivity index (χ2n) is 17.2. The Labute approximate surface area is 342 Å². The first-order valence-corrected chi connectivity index (χ1v) is 24.4. The van der Waals surface area contributed by atoms with E-state index in [-0.39, 0.29) is 31.1 Å². The van der Waals surface area contributed by atoms with Crippen LogP contribution in [0.4, 0.5) is 0 Å². The summed E-state index contributed by atoms with van der Waals surface area (Å²) in [4.78, 5) is 37.7. The number of esters is 3. The van der Waals surface area contributed by atoms with E-state index in [9.17, 15) is 14.4 Å². The zero-order valence-corrected chi connectivity index (χ0v) is 37.4. The Morgan fingerprint density at radius 2 is 0.600 bits per heavy atom. The smallest absolute Gasteiger partial charge is 0.306 e. The largest absolute Gasteiger partial charge is 0.462 e. The Morgan fingerprint density at radius 3 is 0.891 bits per heavy atom. The maximum absolute atomic E-state index is 12.7. The lowest BCUT2D eigenvalue weighted by atomic mass is 10.0. The maximum atomic E-state index is 12.7. The molecular formula is C49H94O6. The van der Waals surface area contributed by atoms with Crippen molar-refractivity contribution in [2.45, 2.75) is 278 Å². The molecule has 0 aromatic heterocycles. The van der Waals surface area contributed by atoms with Crippen LogP contribution in [-0.2, 0) is 28.6 Å². The molecule has 0 amide bonds. The molecule has 0 heterocycles. The Bertz CT molecular complexity index is 826. The first-order valence-electron chi connectivity index (χ1n) is 24.4. The van der Waals surface area contributed by atoms with Gasteiger partial charge in [-0.15, -0.1) is 0 Å². The van der Waals surface area contributed by atoms with Crippen LogP contribution in [0.1, 0.15) is 272 Å². The fourth-order valence-corrected chi connectivity index (χ4v) is 7.33. The highest BCUT2D eigenvalue weighted by atomic mass is 16.6. The molecule has 326 valence electrons. The lowest BCUT2D eigenvalue weighted by molar-refractivity contribution is -0.167. The normalized spacial score (nSPS) is 11.9. The monoisotopic (exact) mass is 779 g/mol. The molecule has 0 rings (SSSR count). The first-order chi connectivity index (χ1) is 26.9. The summed E-state index contributed by atoms with van der Waals surface area (Å²) < 4.78 is 16.7. The van der Waals surface area contributed by atoms with E-state index in [2.05, 4.69) is 27.7 Å². The summed E-state index contributed by atoms with van der Waals surface area (Å²) in [5, 5.41) is 0. The van der Waals surface area contributed by atoms with E-state index in [0.717, 1.165) is 63.7 Å². The van der Waals surface area contributed by atoms with Crippen LogP contribution in [0.15, 0.2) is 0 Å². The van der Waals surface area contributed by atoms with Crippen LogP contribution in [0.5, 0.6) is 0 Å². The highest BCUT2D eigenvalue weighted by molar-refractivity contribution is 5.71. The average molecular weight is 779 g/mol. The van der Waals surface area contributed by atoms with Gasteiger partial charge in [0.15, 0.2) is 6.10 Å². The quantitative estimate of drug-likeness (QED) is 0.0348. The van der Waals surface area contributed by atoms with Crippen LogP contribution in [0.25, 0.3) is 0 Å². The van der Waals surface area contributed by atoms with Gasteiger partial charge in [-0.05, 0) is 25.2 Å². The van der Waals surface area contributed by atoms with E-state index >= 15 is 0 Å². The van der Waals surface area contributed by atoms with Crippen molar-refractivity contribution in [1.29, 1.82) is 0 Å². The summed E-state index contributed by atoms with van der Waals surface area (Å²) in [6.45, 7) is 8.98. The number of carbonyl (C=O) groups is 3. The van der Waals surface area contributed by atoms with Crippen molar-refractivity contribution in [1.82, 2.24) is 0 Å². The van der Waals surface area contributed by atoms with E-state index in [1.807, 2.05) is 0 Å². The van der Waals surface area contributed by atoms with Crippen molar-refractivity contribution >= 4 is 17.9 Å². The average Bonchev–Trinajstić information content (AvgIpc) is 3.17. The zero-order chi connectivity index (χ0) is 40.3. The van der Waals surface area contributed by atoms with E-state index in [1.165, 1.54) is 167 Å². The van der Waals surface area contributed by atoms with Crippen molar-refractivity contribution in [3.8, 4) is 0 Å². The predicted octanol–water partition coefficient (Wildman–Crippen LogP) is 15.5. The molecule has 0 unspecified atom stereocenters. The van der Waals surface area contributed by atoms with Gasteiger partial charge in [-0.2, -0.15) is 0 Å². The molecule has 0 aliphatic rings. The van der Waals surface area contributed by atoms with Crippen molar-refractivity contribution in [3.05, 3.63) is 0 Å². The fraction of sp³-hybridized carbons (Fsp3) is 0.939. The molecule has 0 spiro atoms. The van der Waals surface area contributed by atoms with Crippen LogP contribution in [-0.4, -0.2) is 37.2 Å². The van der Waals surface area contributed by atoms with Gasteiger partial charge in [0.05, 0.1) is 0 Å². The molecule has 6 nitrogen and oxygen atoms in total. The molecule has 0 aliphatic carbocycles. The molecule has 0 N–H and O–H groups in total. The van der Waals surface area contributed by atoms with Crippen molar-refractivity contribution in [3.63, 3.8) is 0 Å². The van der Waals surface area contributed by atoms with E-state index < -0.39 is 6.10 Å². The van der Waals surface area contributed by atoms with Gasteiger partial charge < -0.3 is 14.2 Å². The van der Waals surface area contributed by atoms with Crippen LogP contribution in [0.3, 0.4) is 0 Å². The van der Waals surface area contributed by atoms with Crippen LogP contribution >= 0.6 is 0 Å². The van der Waals surface area contributed by atoms with Crippen molar-refractivity contribution in [2.24, 2.45) is 5.92 Å². The van der Waals surface area contributed by atoms with Crippen molar-refractivity contribution in [2.75, 3.05) is 13.2 Å². The van der Waals surface area contributed by atoms with Crippen molar-refractivity contribution < 1.29 is 28.6 Å². The molecular weight excluding hydrogens is 685 g/mol. The van der Waals surface area contributed by atoms with Crippen LogP contribution in [0.2, 0.25) is 0 Å². The minimum Gasteiger partial charge on any atom is -0.462 e. The van der Waals surface area contributed by atoms with Gasteiger partial charge in [0.1, 0.15) is 13.2 Å². The molecule has 0 aliphatic heterocycles. The van der Waals surface area contributed by atoms with Gasteiger partial charge in [0, 0.05) is 19.3 Å². The van der Waals surface area contributed by atoms with Gasteiger partial charge in [0.25, 0.3) is 0 Å². The number of ether oxygens (including phenoxy) is 3. The first kappa shape index (κ1) is 53.4. The second kappa shape index (κ2) is 43.5. The number of rotatable bonds is 44. The Balaban J connectivity index is 4.22. The third-order valence-electron chi connectivity index (χ3n) is 11.0. The Hall–Kier alpha value is -1.59. The molecule has 0 saturated carbocycles. The van der Waals surface area contributed by atoms with E-state index in [1.54, 1.807) is 0 Å². The Morgan fingerprint density at radius 1 is 0.345 bits per heavy atom. The topological polar surface area (TPSA) is 78.9 Å². The minimum atomic E-state index is -0.758. The molecule has 0 aromatic rings. The molecule has 0 bridgehead atoms. The molecule has 0 fully saturated rings. The van der Waals surface area contributed by atoms with Gasteiger partial charge in [-0.3, -0.25) is 14.4 Å². The Kier molecular flexibility index (Phi) is 42.3. The number of hydrogen-bond donors (Lipinski definition) is 0. The van der Waals surface area contributed by atoms with Gasteiger partial charge in [-0.1, -0.05) is 233 Å². The minimum absolute atomic E-state index is 0.0635. The second-order valence-corrected chi connectivity index (χ2v) is 17.2. The number of hydrogen-bond acceptors (Lipinski definition) is 6. The van der Waals surface area contributed by atoms with Crippen LogP contribution < -0.4 is 0 Å². The van der Waals surface area contributed by atoms with Gasteiger partial charge in [-0.25, -0.2) is 0 Å². The van der Waals surface area contributed by atoms with E-state index in [4.69, 9.17) is 14.2 Å². The molecule has 0 radical (unpaired) electrons. The SMILES string of the molecule is CCCCCCCCCCCCCCCC(=O)OC[C@@H](COC(=O)CCCCCCCCC)OC(=O)CCCCCCCCCCCCCCCCC(C)C. The molecule has 6 heteroatoms. The third kappa shape index (κ3) is 43.4. The lowest BCUT2D eigenvalue weighted by Gasteiger charge is -2.18. The summed E-state index contributed by atoms with van der Waals surface area (Å²) in [6, 6.07) is 0. The zero-order valence-electron chi connectivity index (χ0n) is 37.4. The molecule has 0 aromatic carbocycles. The number of carbonyl (C=O) groups excluding carboxylic acids is 3. The summed E-state index contributed by atoms with van der Waals surface area (Å²) in [5.74, 6) is -0.0115. The highest BCUT2D eigenvalue weighted by Gasteiger charge is 2.19. The number of unbranched alkanes of at least 4 members (excludes halogenated alkanes) is 31. The fourth-order valence-electron chi connectivity index (χ4n) is 7.33. The van der Waals surface area contributed by atoms with Gasteiger partial charge >= 0.3 is 17.9 Å². The van der Waals surface area contributed by atoms with Gasteiger partial charge in [0.2, 0.25) is 0 Å². The predicted molar refractivity (Wildman–Crippen MR) is 233 cm³/mol. The molecule has 0 saturated heterocycles. The highest BCUT2D eigenvalue weighted by Crippen LogP contribution is 2.17. The summed E-state index contributed by atoms with van der Waals surface area (Å²) in [6.07, 6.45) is 43.8. The summed E-state index contributed by atoms with van der Waals surface area (Å²) in [7, 11) is 0. The van der Waals surface area contributed by atoms with E-state index in [0.29, 0.717) is 19.3 Å². The van der Waals surface area contributed by atoms with Crippen LogP contribution in [0, 0.1) is 5.92 Å². The molecule has 55 heavy (non-hydrogen) atoms.